The Kier molecular flexibility index (Phi) is 3.11. The van der Waals surface area contributed by atoms with Crippen LogP contribution in [0, 0.1) is 5.92 Å². The summed E-state index contributed by atoms with van der Waals surface area (Å²) < 4.78 is 7.55. The number of imidazole rings is 1. The van der Waals surface area contributed by atoms with Crippen LogP contribution in [-0.2, 0) is 11.3 Å². The van der Waals surface area contributed by atoms with Crippen LogP contribution in [0.1, 0.15) is 23.2 Å². The summed E-state index contributed by atoms with van der Waals surface area (Å²) in [6.45, 7) is 2.72. The largest absolute Gasteiger partial charge is 0.381 e. The molecule has 0 atom stereocenters. The number of nitrogens with zero attached hydrogens (tertiary/aromatic N) is 2. The average Bonchev–Trinajstić information content (AvgIpc) is 2.82. The Bertz CT molecular complexity index is 556. The quantitative estimate of drug-likeness (QED) is 0.778. The second-order valence-electron chi connectivity index (χ2n) is 4.82. The van der Waals surface area contributed by atoms with Crippen LogP contribution in [-0.4, -0.2) is 29.1 Å². The minimum absolute atomic E-state index is 0.668. The van der Waals surface area contributed by atoms with Gasteiger partial charge in [0.15, 0.2) is 0 Å². The fourth-order valence-electron chi connectivity index (χ4n) is 2.51. The highest BCUT2D eigenvalue weighted by Gasteiger charge is 2.15. The predicted molar refractivity (Wildman–Crippen MR) is 68.7 cm³/mol. The van der Waals surface area contributed by atoms with Gasteiger partial charge in [-0.05, 0) is 37.0 Å². The van der Waals surface area contributed by atoms with Crippen molar-refractivity contribution in [1.29, 1.82) is 0 Å². The molecular weight excluding hydrogens is 228 g/mol. The molecule has 2 aromatic rings. The Hall–Kier alpha value is -1.68. The average molecular weight is 244 g/mol. The van der Waals surface area contributed by atoms with Crippen molar-refractivity contribution >= 4 is 17.3 Å². The fraction of sp³-hybridized carbons (Fsp3) is 0.429. The number of carbonyl (C=O) groups is 1. The Morgan fingerprint density at radius 3 is 3.00 bits per heavy atom. The second kappa shape index (κ2) is 4.90. The Morgan fingerprint density at radius 2 is 2.22 bits per heavy atom. The molecule has 1 aliphatic heterocycles. The molecular formula is C14H16N2O2. The second-order valence-corrected chi connectivity index (χ2v) is 4.82. The first-order valence-corrected chi connectivity index (χ1v) is 6.34. The van der Waals surface area contributed by atoms with Gasteiger partial charge in [-0.25, -0.2) is 4.98 Å². The first-order valence-electron chi connectivity index (χ1n) is 6.34. The van der Waals surface area contributed by atoms with Gasteiger partial charge >= 0.3 is 0 Å². The van der Waals surface area contributed by atoms with Crippen LogP contribution in [0.2, 0.25) is 0 Å². The number of benzene rings is 1. The molecule has 0 radical (unpaired) electrons. The van der Waals surface area contributed by atoms with Gasteiger partial charge in [0.1, 0.15) is 6.29 Å². The van der Waals surface area contributed by atoms with E-state index in [4.69, 9.17) is 4.74 Å². The number of aromatic nitrogens is 2. The highest BCUT2D eigenvalue weighted by molar-refractivity contribution is 5.84. The van der Waals surface area contributed by atoms with Crippen molar-refractivity contribution in [3.05, 3.63) is 30.1 Å². The molecule has 0 unspecified atom stereocenters. The normalized spacial score (nSPS) is 17.1. The minimum Gasteiger partial charge on any atom is -0.381 e. The van der Waals surface area contributed by atoms with E-state index in [1.807, 2.05) is 24.5 Å². The summed E-state index contributed by atoms with van der Waals surface area (Å²) in [5, 5.41) is 0. The number of ether oxygens (including phenoxy) is 1. The van der Waals surface area contributed by atoms with E-state index < -0.39 is 0 Å². The van der Waals surface area contributed by atoms with Crippen LogP contribution in [0.3, 0.4) is 0 Å². The van der Waals surface area contributed by atoms with E-state index in [1.165, 1.54) is 0 Å². The molecule has 0 bridgehead atoms. The van der Waals surface area contributed by atoms with Crippen molar-refractivity contribution in [2.24, 2.45) is 5.92 Å². The molecule has 4 heteroatoms. The van der Waals surface area contributed by atoms with E-state index in [1.54, 1.807) is 0 Å². The number of aldehydes is 1. The summed E-state index contributed by atoms with van der Waals surface area (Å²) in [7, 11) is 0. The van der Waals surface area contributed by atoms with E-state index >= 15 is 0 Å². The molecule has 1 aliphatic rings. The maximum absolute atomic E-state index is 10.7. The lowest BCUT2D eigenvalue weighted by atomic mass is 10.0. The summed E-state index contributed by atoms with van der Waals surface area (Å²) >= 11 is 0. The third-order valence-electron chi connectivity index (χ3n) is 3.58. The Balaban J connectivity index is 1.85. The lowest BCUT2D eigenvalue weighted by Gasteiger charge is -2.22. The molecule has 0 saturated carbocycles. The van der Waals surface area contributed by atoms with Crippen molar-refractivity contribution in [2.75, 3.05) is 13.2 Å². The lowest BCUT2D eigenvalue weighted by Crippen LogP contribution is -2.20. The predicted octanol–water partition coefficient (Wildman–Crippen LogP) is 2.28. The van der Waals surface area contributed by atoms with Crippen molar-refractivity contribution in [2.45, 2.75) is 19.4 Å². The number of carbonyl (C=O) groups excluding carboxylic acids is 1. The van der Waals surface area contributed by atoms with Gasteiger partial charge in [0, 0.05) is 25.3 Å². The first-order chi connectivity index (χ1) is 8.86. The van der Waals surface area contributed by atoms with E-state index in [-0.39, 0.29) is 0 Å². The van der Waals surface area contributed by atoms with E-state index in [9.17, 15) is 4.79 Å². The molecule has 4 nitrogen and oxygen atoms in total. The minimum atomic E-state index is 0.668. The third kappa shape index (κ3) is 2.16. The Morgan fingerprint density at radius 1 is 1.39 bits per heavy atom. The highest BCUT2D eigenvalue weighted by Crippen LogP contribution is 2.20. The number of fused-ring (bicyclic) bond motifs is 1. The zero-order chi connectivity index (χ0) is 12.4. The fourth-order valence-corrected chi connectivity index (χ4v) is 2.51. The monoisotopic (exact) mass is 244 g/mol. The molecule has 0 spiro atoms. The molecule has 3 rings (SSSR count). The van der Waals surface area contributed by atoms with Crippen LogP contribution < -0.4 is 0 Å². The number of rotatable bonds is 3. The van der Waals surface area contributed by atoms with E-state index in [0.717, 1.165) is 49.9 Å². The van der Waals surface area contributed by atoms with Gasteiger partial charge in [0.2, 0.25) is 0 Å². The highest BCUT2D eigenvalue weighted by atomic mass is 16.5. The zero-order valence-corrected chi connectivity index (χ0v) is 10.2. The SMILES string of the molecule is O=Cc1ccc2c(c1)ncn2CC1CCOCC1. The summed E-state index contributed by atoms with van der Waals surface area (Å²) in [6.07, 6.45) is 4.96. The number of hydrogen-bond acceptors (Lipinski definition) is 3. The van der Waals surface area contributed by atoms with Crippen molar-refractivity contribution in [3.63, 3.8) is 0 Å². The van der Waals surface area contributed by atoms with Crippen LogP contribution in [0.5, 0.6) is 0 Å². The smallest absolute Gasteiger partial charge is 0.150 e. The molecule has 2 heterocycles. The van der Waals surface area contributed by atoms with E-state index in [2.05, 4.69) is 9.55 Å². The summed E-state index contributed by atoms with van der Waals surface area (Å²) in [5.41, 5.74) is 2.68. The third-order valence-corrected chi connectivity index (χ3v) is 3.58. The van der Waals surface area contributed by atoms with Gasteiger partial charge in [-0.2, -0.15) is 0 Å². The molecule has 94 valence electrons. The van der Waals surface area contributed by atoms with Gasteiger partial charge in [-0.15, -0.1) is 0 Å². The standard InChI is InChI=1S/C14H16N2O2/c17-9-12-1-2-14-13(7-12)15-10-16(14)8-11-3-5-18-6-4-11/h1-2,7,9-11H,3-6,8H2. The molecule has 18 heavy (non-hydrogen) atoms. The molecule has 1 aromatic carbocycles. The van der Waals surface area contributed by atoms with Gasteiger partial charge < -0.3 is 9.30 Å². The van der Waals surface area contributed by atoms with Crippen LogP contribution in [0.4, 0.5) is 0 Å². The Labute approximate surface area is 106 Å². The van der Waals surface area contributed by atoms with Crippen LogP contribution in [0.15, 0.2) is 24.5 Å². The van der Waals surface area contributed by atoms with Crippen molar-refractivity contribution < 1.29 is 9.53 Å². The molecule has 0 aliphatic carbocycles. The van der Waals surface area contributed by atoms with Crippen LogP contribution in [0.25, 0.3) is 11.0 Å². The summed E-state index contributed by atoms with van der Waals surface area (Å²) in [5.74, 6) is 0.668. The zero-order valence-electron chi connectivity index (χ0n) is 10.2. The first kappa shape index (κ1) is 11.4. The van der Waals surface area contributed by atoms with Gasteiger partial charge in [-0.1, -0.05) is 0 Å². The number of hydrogen-bond donors (Lipinski definition) is 0. The lowest BCUT2D eigenvalue weighted by molar-refractivity contribution is 0.0616. The molecule has 1 aromatic heterocycles. The van der Waals surface area contributed by atoms with Crippen LogP contribution >= 0.6 is 0 Å². The molecule has 0 N–H and O–H groups in total. The van der Waals surface area contributed by atoms with Gasteiger partial charge in [0.05, 0.1) is 17.4 Å². The van der Waals surface area contributed by atoms with Crippen molar-refractivity contribution in [3.8, 4) is 0 Å². The molecule has 1 saturated heterocycles. The summed E-state index contributed by atoms with van der Waals surface area (Å²) in [6, 6.07) is 5.66. The summed E-state index contributed by atoms with van der Waals surface area (Å²) in [4.78, 5) is 15.1. The van der Waals surface area contributed by atoms with Gasteiger partial charge in [-0.3, -0.25) is 4.79 Å². The molecule has 0 amide bonds. The maximum atomic E-state index is 10.7. The maximum Gasteiger partial charge on any atom is 0.150 e. The molecule has 1 fully saturated rings. The van der Waals surface area contributed by atoms with Crippen molar-refractivity contribution in [1.82, 2.24) is 9.55 Å². The van der Waals surface area contributed by atoms with Gasteiger partial charge in [0.25, 0.3) is 0 Å². The van der Waals surface area contributed by atoms with E-state index in [0.29, 0.717) is 11.5 Å². The topological polar surface area (TPSA) is 44.1 Å².